The van der Waals surface area contributed by atoms with Gasteiger partial charge in [-0.15, -0.1) is 0 Å². The number of carbonyl (C=O) groups is 2. The molecule has 1 amide bonds. The number of ketones is 1. The molecular formula is C31H26N2O6. The van der Waals surface area contributed by atoms with Gasteiger partial charge >= 0.3 is 0 Å². The topological polar surface area (TPSA) is 98.2 Å². The van der Waals surface area contributed by atoms with E-state index in [0.717, 1.165) is 5.56 Å². The Morgan fingerprint density at radius 2 is 1.56 bits per heavy atom. The van der Waals surface area contributed by atoms with E-state index in [0.29, 0.717) is 28.6 Å². The fraction of sp³-hybridized carbons (Fsp3) is 0.129. The van der Waals surface area contributed by atoms with Crippen LogP contribution in [0.2, 0.25) is 0 Å². The monoisotopic (exact) mass is 522 g/mol. The van der Waals surface area contributed by atoms with Gasteiger partial charge < -0.3 is 24.2 Å². The number of ether oxygens (including phenoxy) is 3. The molecule has 0 radical (unpaired) electrons. The standard InChI is InChI=1S/C31H26N2O6/c1-37-24-14-7-15-25(38-2)26(24)29(34)27-28(33(31(36)30(27)35)19-20-9-8-16-32-18-20)21-10-6-13-23(17-21)39-22-11-4-3-5-12-22/h3-18,28,34H,19H2,1-2H3/b29-27+. The normalized spacial score (nSPS) is 16.3. The van der Waals surface area contributed by atoms with E-state index in [1.807, 2.05) is 36.4 Å². The first kappa shape index (κ1) is 25.5. The van der Waals surface area contributed by atoms with Crippen LogP contribution in [-0.2, 0) is 16.1 Å². The maximum Gasteiger partial charge on any atom is 0.295 e. The number of nitrogens with zero attached hydrogens (tertiary/aromatic N) is 2. The molecule has 1 aromatic heterocycles. The maximum absolute atomic E-state index is 13.5. The summed E-state index contributed by atoms with van der Waals surface area (Å²) in [5.41, 5.74) is 1.42. The molecule has 1 aliphatic rings. The van der Waals surface area contributed by atoms with Crippen molar-refractivity contribution in [2.45, 2.75) is 12.6 Å². The maximum atomic E-state index is 13.5. The Bertz CT molecular complexity index is 1510. The number of carbonyl (C=O) groups excluding carboxylic acids is 2. The Kier molecular flexibility index (Phi) is 7.27. The number of aliphatic hydroxyl groups is 1. The number of para-hydroxylation sites is 1. The number of hydrogen-bond acceptors (Lipinski definition) is 7. The highest BCUT2D eigenvalue weighted by Crippen LogP contribution is 2.44. The SMILES string of the molecule is COc1cccc(OC)c1/C(O)=C1\C(=O)C(=O)N(Cc2cccnc2)C1c1cccc(Oc2ccccc2)c1. The van der Waals surface area contributed by atoms with E-state index in [1.165, 1.54) is 19.1 Å². The van der Waals surface area contributed by atoms with Gasteiger partial charge in [-0.2, -0.15) is 0 Å². The van der Waals surface area contributed by atoms with Crippen LogP contribution < -0.4 is 14.2 Å². The molecule has 39 heavy (non-hydrogen) atoms. The average molecular weight is 523 g/mol. The molecule has 1 aliphatic heterocycles. The van der Waals surface area contributed by atoms with E-state index in [4.69, 9.17) is 14.2 Å². The van der Waals surface area contributed by atoms with Gasteiger partial charge in [-0.05, 0) is 53.6 Å². The average Bonchev–Trinajstić information content (AvgIpc) is 3.22. The molecule has 0 saturated carbocycles. The smallest absolute Gasteiger partial charge is 0.295 e. The van der Waals surface area contributed by atoms with Gasteiger partial charge in [0.15, 0.2) is 0 Å². The third-order valence-corrected chi connectivity index (χ3v) is 6.43. The highest BCUT2D eigenvalue weighted by Gasteiger charge is 2.46. The van der Waals surface area contributed by atoms with Crippen molar-refractivity contribution in [2.75, 3.05) is 14.2 Å². The van der Waals surface area contributed by atoms with Gasteiger partial charge in [-0.3, -0.25) is 14.6 Å². The van der Waals surface area contributed by atoms with Crippen LogP contribution >= 0.6 is 0 Å². The van der Waals surface area contributed by atoms with Gasteiger partial charge in [0.25, 0.3) is 11.7 Å². The van der Waals surface area contributed by atoms with Crippen LogP contribution in [0, 0.1) is 0 Å². The van der Waals surface area contributed by atoms with Crippen molar-refractivity contribution in [1.29, 1.82) is 0 Å². The molecule has 2 heterocycles. The molecule has 196 valence electrons. The van der Waals surface area contributed by atoms with E-state index in [9.17, 15) is 14.7 Å². The second-order valence-corrected chi connectivity index (χ2v) is 8.81. The van der Waals surface area contributed by atoms with Gasteiger partial charge in [0.05, 0.1) is 25.8 Å². The molecule has 0 spiro atoms. The van der Waals surface area contributed by atoms with Crippen molar-refractivity contribution in [1.82, 2.24) is 9.88 Å². The van der Waals surface area contributed by atoms with Crippen LogP contribution in [0.1, 0.15) is 22.7 Å². The highest BCUT2D eigenvalue weighted by molar-refractivity contribution is 6.46. The molecule has 0 bridgehead atoms. The van der Waals surface area contributed by atoms with Gasteiger partial charge in [-0.25, -0.2) is 0 Å². The zero-order valence-corrected chi connectivity index (χ0v) is 21.4. The molecule has 1 unspecified atom stereocenters. The predicted molar refractivity (Wildman–Crippen MR) is 145 cm³/mol. The lowest BCUT2D eigenvalue weighted by molar-refractivity contribution is -0.140. The fourth-order valence-corrected chi connectivity index (χ4v) is 4.67. The molecule has 1 saturated heterocycles. The summed E-state index contributed by atoms with van der Waals surface area (Å²) in [5, 5.41) is 11.6. The minimum Gasteiger partial charge on any atom is -0.506 e. The lowest BCUT2D eigenvalue weighted by Crippen LogP contribution is -2.29. The molecule has 5 rings (SSSR count). The number of aliphatic hydroxyl groups excluding tert-OH is 1. The van der Waals surface area contributed by atoms with E-state index in [-0.39, 0.29) is 17.7 Å². The summed E-state index contributed by atoms with van der Waals surface area (Å²) in [6.07, 6.45) is 3.27. The number of Topliss-reactive ketones (excluding diaryl/α,β-unsaturated/α-hetero) is 1. The van der Waals surface area contributed by atoms with E-state index < -0.39 is 23.5 Å². The number of likely N-dealkylation sites (tertiary alicyclic amines) is 1. The van der Waals surface area contributed by atoms with Gasteiger partial charge in [-0.1, -0.05) is 42.5 Å². The van der Waals surface area contributed by atoms with E-state index in [2.05, 4.69) is 4.98 Å². The number of rotatable bonds is 8. The Morgan fingerprint density at radius 3 is 2.23 bits per heavy atom. The van der Waals surface area contributed by atoms with Crippen molar-refractivity contribution < 1.29 is 28.9 Å². The van der Waals surface area contributed by atoms with Crippen LogP contribution in [0.25, 0.3) is 5.76 Å². The minimum absolute atomic E-state index is 0.0800. The van der Waals surface area contributed by atoms with Crippen LogP contribution in [0.3, 0.4) is 0 Å². The number of amides is 1. The van der Waals surface area contributed by atoms with E-state index >= 15 is 0 Å². The first-order valence-corrected chi connectivity index (χ1v) is 12.2. The van der Waals surface area contributed by atoms with Crippen molar-refractivity contribution >= 4 is 17.4 Å². The first-order valence-electron chi connectivity index (χ1n) is 12.2. The molecule has 8 nitrogen and oxygen atoms in total. The predicted octanol–water partition coefficient (Wildman–Crippen LogP) is 5.51. The Hall–Kier alpha value is -5.11. The number of benzene rings is 3. The van der Waals surface area contributed by atoms with Crippen molar-refractivity contribution in [3.63, 3.8) is 0 Å². The second kappa shape index (κ2) is 11.1. The number of hydrogen-bond donors (Lipinski definition) is 1. The summed E-state index contributed by atoms with van der Waals surface area (Å²) in [7, 11) is 2.91. The number of methoxy groups -OCH3 is 2. The summed E-state index contributed by atoms with van der Waals surface area (Å²) >= 11 is 0. The summed E-state index contributed by atoms with van der Waals surface area (Å²) in [5.74, 6) is -0.207. The molecule has 1 fully saturated rings. The van der Waals surface area contributed by atoms with Crippen molar-refractivity contribution in [3.05, 3.63) is 120 Å². The van der Waals surface area contributed by atoms with Gasteiger partial charge in [0, 0.05) is 18.9 Å². The first-order chi connectivity index (χ1) is 19.0. The molecule has 1 N–H and O–H groups in total. The molecule has 8 heteroatoms. The van der Waals surface area contributed by atoms with Crippen molar-refractivity contribution in [3.8, 4) is 23.0 Å². The highest BCUT2D eigenvalue weighted by atomic mass is 16.5. The van der Waals surface area contributed by atoms with Crippen LogP contribution in [-0.4, -0.2) is 40.9 Å². The minimum atomic E-state index is -0.917. The third-order valence-electron chi connectivity index (χ3n) is 6.43. The molecule has 0 aliphatic carbocycles. The van der Waals surface area contributed by atoms with E-state index in [1.54, 1.807) is 60.9 Å². The zero-order chi connectivity index (χ0) is 27.4. The summed E-state index contributed by atoms with van der Waals surface area (Å²) in [4.78, 5) is 32.5. The van der Waals surface area contributed by atoms with Gasteiger partial charge in [0.2, 0.25) is 0 Å². The zero-order valence-electron chi connectivity index (χ0n) is 21.4. The summed E-state index contributed by atoms with van der Waals surface area (Å²) in [6.45, 7) is 0.104. The summed E-state index contributed by atoms with van der Waals surface area (Å²) < 4.78 is 17.0. The lowest BCUT2D eigenvalue weighted by atomic mass is 9.94. The second-order valence-electron chi connectivity index (χ2n) is 8.81. The molecule has 1 atom stereocenters. The lowest BCUT2D eigenvalue weighted by Gasteiger charge is -2.26. The van der Waals surface area contributed by atoms with Crippen LogP contribution in [0.15, 0.2) is 103 Å². The fourth-order valence-electron chi connectivity index (χ4n) is 4.67. The summed E-state index contributed by atoms with van der Waals surface area (Å²) in [6, 6.07) is 24.0. The Labute approximate surface area is 225 Å². The number of pyridine rings is 1. The third kappa shape index (κ3) is 5.04. The molecular weight excluding hydrogens is 496 g/mol. The van der Waals surface area contributed by atoms with Crippen LogP contribution in [0.5, 0.6) is 23.0 Å². The quantitative estimate of drug-likeness (QED) is 0.185. The Balaban J connectivity index is 1.67. The number of aromatic nitrogens is 1. The van der Waals surface area contributed by atoms with Crippen molar-refractivity contribution in [2.24, 2.45) is 0 Å². The van der Waals surface area contributed by atoms with Gasteiger partial charge in [0.1, 0.15) is 34.3 Å². The molecule has 4 aromatic rings. The van der Waals surface area contributed by atoms with Crippen LogP contribution in [0.4, 0.5) is 0 Å². The molecule has 3 aromatic carbocycles. The largest absolute Gasteiger partial charge is 0.506 e. The Morgan fingerprint density at radius 1 is 0.872 bits per heavy atom.